The van der Waals surface area contributed by atoms with Crippen molar-refractivity contribution in [3.63, 3.8) is 0 Å². The maximum atomic E-state index is 5.95. The molecular formula is C22H21N7OS. The Labute approximate surface area is 183 Å². The summed E-state index contributed by atoms with van der Waals surface area (Å²) in [6.45, 7) is 5.42. The van der Waals surface area contributed by atoms with E-state index in [0.29, 0.717) is 12.4 Å². The molecule has 0 spiro atoms. The number of hydrogen-bond donors (Lipinski definition) is 1. The Bertz CT molecular complexity index is 1290. The first-order chi connectivity index (χ1) is 15.2. The minimum absolute atomic E-state index is 0.494. The van der Waals surface area contributed by atoms with E-state index in [-0.39, 0.29) is 0 Å². The highest BCUT2D eigenvalue weighted by molar-refractivity contribution is 7.13. The first-order valence-corrected chi connectivity index (χ1v) is 10.8. The van der Waals surface area contributed by atoms with E-state index in [2.05, 4.69) is 48.6 Å². The van der Waals surface area contributed by atoms with Gasteiger partial charge >= 0.3 is 0 Å². The van der Waals surface area contributed by atoms with Crippen molar-refractivity contribution in [3.05, 3.63) is 71.2 Å². The highest BCUT2D eigenvalue weighted by Crippen LogP contribution is 2.25. The Morgan fingerprint density at radius 2 is 1.81 bits per heavy atom. The minimum Gasteiger partial charge on any atom is -0.489 e. The molecule has 3 aromatic heterocycles. The summed E-state index contributed by atoms with van der Waals surface area (Å²) in [6, 6.07) is 16.2. The van der Waals surface area contributed by atoms with Crippen LogP contribution in [-0.4, -0.2) is 34.5 Å². The molecule has 0 bridgehead atoms. The second-order valence-electron chi connectivity index (χ2n) is 7.25. The van der Waals surface area contributed by atoms with Crippen LogP contribution in [0.2, 0.25) is 0 Å². The number of aryl methyl sites for hydroxylation is 2. The number of hydrogen-bond acceptors (Lipinski definition) is 7. The molecule has 5 aromatic rings. The molecule has 0 saturated heterocycles. The average Bonchev–Trinajstić information content (AvgIpc) is 3.53. The number of tetrazole rings is 1. The van der Waals surface area contributed by atoms with Gasteiger partial charge in [0.05, 0.1) is 12.2 Å². The lowest BCUT2D eigenvalue weighted by Crippen LogP contribution is -2.04. The van der Waals surface area contributed by atoms with Gasteiger partial charge in [-0.1, -0.05) is 43.3 Å². The Morgan fingerprint density at radius 1 is 1.03 bits per heavy atom. The molecule has 0 fully saturated rings. The summed E-state index contributed by atoms with van der Waals surface area (Å²) in [7, 11) is 0. The van der Waals surface area contributed by atoms with Crippen LogP contribution >= 0.6 is 11.5 Å². The number of imidazole rings is 1. The van der Waals surface area contributed by atoms with Crippen LogP contribution in [0.15, 0.2) is 48.5 Å². The molecular weight excluding hydrogens is 410 g/mol. The maximum Gasteiger partial charge on any atom is 0.204 e. The van der Waals surface area contributed by atoms with Crippen LogP contribution in [0.3, 0.4) is 0 Å². The monoisotopic (exact) mass is 431 g/mol. The zero-order chi connectivity index (χ0) is 21.2. The van der Waals surface area contributed by atoms with Crippen LogP contribution in [0.4, 0.5) is 0 Å². The number of nitrogens with one attached hydrogen (secondary N) is 1. The number of aromatic amines is 1. The predicted molar refractivity (Wildman–Crippen MR) is 119 cm³/mol. The number of fused-ring (bicyclic) bond motifs is 1. The van der Waals surface area contributed by atoms with E-state index in [1.54, 1.807) is 0 Å². The fourth-order valence-corrected chi connectivity index (χ4v) is 4.33. The molecule has 2 aromatic carbocycles. The molecule has 1 N–H and O–H groups in total. The van der Waals surface area contributed by atoms with Crippen molar-refractivity contribution >= 4 is 21.9 Å². The third-order valence-electron chi connectivity index (χ3n) is 5.16. The number of rotatable bonds is 7. The van der Waals surface area contributed by atoms with Gasteiger partial charge in [-0.05, 0) is 46.9 Å². The Balaban J connectivity index is 1.24. The van der Waals surface area contributed by atoms with E-state index in [9.17, 15) is 0 Å². The summed E-state index contributed by atoms with van der Waals surface area (Å²) < 4.78 is 12.7. The number of benzene rings is 2. The predicted octanol–water partition coefficient (Wildman–Crippen LogP) is 4.17. The molecule has 9 heteroatoms. The SMILES string of the molecule is CCc1nc2c(C)nsc2n1Cc1ccc(OCc2ccc(-c3nn[nH]n3)cc2)cc1. The third kappa shape index (κ3) is 3.91. The van der Waals surface area contributed by atoms with Crippen molar-refractivity contribution in [3.8, 4) is 17.1 Å². The maximum absolute atomic E-state index is 5.95. The van der Waals surface area contributed by atoms with E-state index in [4.69, 9.17) is 9.72 Å². The van der Waals surface area contributed by atoms with Gasteiger partial charge in [0.15, 0.2) is 0 Å². The second-order valence-corrected chi connectivity index (χ2v) is 8.01. The van der Waals surface area contributed by atoms with Gasteiger partial charge < -0.3 is 9.30 Å². The zero-order valence-corrected chi connectivity index (χ0v) is 18.1. The van der Waals surface area contributed by atoms with E-state index in [0.717, 1.165) is 51.7 Å². The van der Waals surface area contributed by atoms with Crippen molar-refractivity contribution < 1.29 is 4.74 Å². The van der Waals surface area contributed by atoms with Gasteiger partial charge in [-0.25, -0.2) is 4.98 Å². The molecule has 0 aliphatic heterocycles. The van der Waals surface area contributed by atoms with E-state index < -0.39 is 0 Å². The number of ether oxygens (including phenoxy) is 1. The Hall–Kier alpha value is -3.59. The zero-order valence-electron chi connectivity index (χ0n) is 17.2. The largest absolute Gasteiger partial charge is 0.489 e. The molecule has 31 heavy (non-hydrogen) atoms. The van der Waals surface area contributed by atoms with Crippen LogP contribution in [0.1, 0.15) is 29.6 Å². The minimum atomic E-state index is 0.494. The Kier molecular flexibility index (Phi) is 5.17. The van der Waals surface area contributed by atoms with Crippen molar-refractivity contribution in [1.29, 1.82) is 0 Å². The highest BCUT2D eigenvalue weighted by Gasteiger charge is 2.14. The van der Waals surface area contributed by atoms with Crippen LogP contribution in [-0.2, 0) is 19.6 Å². The summed E-state index contributed by atoms with van der Waals surface area (Å²) in [5, 5.41) is 14.0. The topological polar surface area (TPSA) is 94.4 Å². The molecule has 0 radical (unpaired) electrons. The Morgan fingerprint density at radius 3 is 2.52 bits per heavy atom. The molecule has 5 rings (SSSR count). The number of H-pyrrole nitrogens is 1. The first kappa shape index (κ1) is 19.4. The van der Waals surface area contributed by atoms with Crippen molar-refractivity contribution in [2.24, 2.45) is 0 Å². The van der Waals surface area contributed by atoms with Gasteiger partial charge in [-0.3, -0.25) is 0 Å². The molecule has 0 amide bonds. The molecule has 0 saturated carbocycles. The van der Waals surface area contributed by atoms with Crippen molar-refractivity contribution in [1.82, 2.24) is 34.5 Å². The lowest BCUT2D eigenvalue weighted by atomic mass is 10.1. The van der Waals surface area contributed by atoms with E-state index in [1.807, 2.05) is 43.3 Å². The summed E-state index contributed by atoms with van der Waals surface area (Å²) in [4.78, 5) is 5.90. The van der Waals surface area contributed by atoms with Gasteiger partial charge in [-0.2, -0.15) is 9.59 Å². The van der Waals surface area contributed by atoms with Gasteiger partial charge in [-0.15, -0.1) is 10.2 Å². The molecule has 0 aliphatic rings. The summed E-state index contributed by atoms with van der Waals surface area (Å²) >= 11 is 1.52. The normalized spacial score (nSPS) is 11.3. The van der Waals surface area contributed by atoms with Crippen LogP contribution in [0, 0.1) is 6.92 Å². The molecule has 0 aliphatic carbocycles. The molecule has 3 heterocycles. The van der Waals surface area contributed by atoms with E-state index >= 15 is 0 Å². The third-order valence-corrected chi connectivity index (χ3v) is 6.11. The van der Waals surface area contributed by atoms with Crippen molar-refractivity contribution in [2.75, 3.05) is 0 Å². The first-order valence-electron chi connectivity index (χ1n) is 10.1. The molecule has 0 unspecified atom stereocenters. The standard InChI is InChI=1S/C22H21N7OS/c1-3-19-23-20-14(2)26-31-22(20)29(19)12-15-6-10-18(11-7-15)30-13-16-4-8-17(9-5-16)21-24-27-28-25-21/h4-11H,3,12-13H2,1-2H3,(H,24,25,27,28). The van der Waals surface area contributed by atoms with Gasteiger partial charge in [0, 0.05) is 12.0 Å². The van der Waals surface area contributed by atoms with Crippen LogP contribution in [0.5, 0.6) is 5.75 Å². The van der Waals surface area contributed by atoms with Crippen LogP contribution in [0.25, 0.3) is 21.7 Å². The molecule has 0 atom stereocenters. The number of aromatic nitrogens is 7. The average molecular weight is 432 g/mol. The lowest BCUT2D eigenvalue weighted by molar-refractivity contribution is 0.306. The van der Waals surface area contributed by atoms with Gasteiger partial charge in [0.25, 0.3) is 0 Å². The second kappa shape index (κ2) is 8.27. The fourth-order valence-electron chi connectivity index (χ4n) is 3.47. The van der Waals surface area contributed by atoms with Crippen LogP contribution < -0.4 is 4.74 Å². The summed E-state index contributed by atoms with van der Waals surface area (Å²) in [5.74, 6) is 2.51. The summed E-state index contributed by atoms with van der Waals surface area (Å²) in [6.07, 6.45) is 0.896. The molecule has 8 nitrogen and oxygen atoms in total. The molecule has 156 valence electrons. The van der Waals surface area contributed by atoms with E-state index in [1.165, 1.54) is 17.1 Å². The van der Waals surface area contributed by atoms with Gasteiger partial charge in [0.2, 0.25) is 5.82 Å². The fraction of sp³-hybridized carbons (Fsp3) is 0.227. The van der Waals surface area contributed by atoms with Gasteiger partial charge in [0.1, 0.15) is 28.5 Å². The lowest BCUT2D eigenvalue weighted by Gasteiger charge is -2.10. The highest BCUT2D eigenvalue weighted by atomic mass is 32.1. The summed E-state index contributed by atoms with van der Waals surface area (Å²) in [5.41, 5.74) is 5.22. The van der Waals surface area contributed by atoms with Crippen molar-refractivity contribution in [2.45, 2.75) is 33.4 Å². The smallest absolute Gasteiger partial charge is 0.204 e. The quantitative estimate of drug-likeness (QED) is 0.416. The number of nitrogens with zero attached hydrogens (tertiary/aromatic N) is 6.